The van der Waals surface area contributed by atoms with E-state index in [9.17, 15) is 9.59 Å². The number of aromatic nitrogens is 1. The third-order valence-corrected chi connectivity index (χ3v) is 5.93. The molecule has 0 fully saturated rings. The Balaban J connectivity index is 1.43. The normalized spacial score (nSPS) is 10.9. The number of hydrogen-bond acceptors (Lipinski definition) is 5. The van der Waals surface area contributed by atoms with E-state index in [0.29, 0.717) is 22.7 Å². The zero-order chi connectivity index (χ0) is 18.8. The average Bonchev–Trinajstić information content (AvgIpc) is 3.45. The van der Waals surface area contributed by atoms with Crippen LogP contribution in [0.3, 0.4) is 0 Å². The lowest BCUT2D eigenvalue weighted by atomic mass is 10.2. The van der Waals surface area contributed by atoms with Crippen molar-refractivity contribution in [2.45, 2.75) is 6.54 Å². The van der Waals surface area contributed by atoms with E-state index < -0.39 is 0 Å². The quantitative estimate of drug-likeness (QED) is 0.473. The van der Waals surface area contributed by atoms with Gasteiger partial charge in [0.1, 0.15) is 11.4 Å². The monoisotopic (exact) mass is 396 g/mol. The molecule has 5 nitrogen and oxygen atoms in total. The minimum atomic E-state index is -0.190. The van der Waals surface area contributed by atoms with Gasteiger partial charge in [0.25, 0.3) is 5.91 Å². The first-order valence-corrected chi connectivity index (χ1v) is 10.0. The van der Waals surface area contributed by atoms with Gasteiger partial charge in [-0.3, -0.25) is 9.59 Å². The molecule has 0 radical (unpaired) electrons. The third kappa shape index (κ3) is 3.65. The van der Waals surface area contributed by atoms with Crippen molar-refractivity contribution in [1.82, 2.24) is 10.3 Å². The van der Waals surface area contributed by atoms with Crippen LogP contribution in [-0.4, -0.2) is 23.8 Å². The fraction of sp³-hybridized carbons (Fsp3) is 0.100. The number of ether oxygens (including phenoxy) is 1. The van der Waals surface area contributed by atoms with E-state index in [0.717, 1.165) is 21.5 Å². The molecule has 4 aromatic rings. The summed E-state index contributed by atoms with van der Waals surface area (Å²) in [6, 6.07) is 12.9. The number of ketones is 1. The predicted molar refractivity (Wildman–Crippen MR) is 108 cm³/mol. The zero-order valence-electron chi connectivity index (χ0n) is 14.4. The first kappa shape index (κ1) is 17.5. The van der Waals surface area contributed by atoms with Gasteiger partial charge >= 0.3 is 0 Å². The van der Waals surface area contributed by atoms with Gasteiger partial charge in [0.05, 0.1) is 18.5 Å². The SMILES string of the molecule is COc1ccc2cc(C(=O)NCc3ccc(C(=O)c4ccsc4)s3)[nH]c2c1. The lowest BCUT2D eigenvalue weighted by molar-refractivity contribution is 0.0946. The van der Waals surface area contributed by atoms with Crippen molar-refractivity contribution in [3.05, 3.63) is 74.2 Å². The van der Waals surface area contributed by atoms with Crippen LogP contribution in [0.2, 0.25) is 0 Å². The fourth-order valence-corrected chi connectivity index (χ4v) is 4.29. The minimum absolute atomic E-state index is 0.0170. The van der Waals surface area contributed by atoms with Gasteiger partial charge in [-0.25, -0.2) is 0 Å². The second-order valence-electron chi connectivity index (χ2n) is 5.93. The van der Waals surface area contributed by atoms with Gasteiger partial charge in [0, 0.05) is 32.8 Å². The Morgan fingerprint density at radius 2 is 2.04 bits per heavy atom. The van der Waals surface area contributed by atoms with Gasteiger partial charge in [-0.1, -0.05) is 0 Å². The summed E-state index contributed by atoms with van der Waals surface area (Å²) in [5.41, 5.74) is 2.04. The van der Waals surface area contributed by atoms with Crippen LogP contribution in [0, 0.1) is 0 Å². The Kier molecular flexibility index (Phi) is 4.79. The zero-order valence-corrected chi connectivity index (χ0v) is 16.1. The summed E-state index contributed by atoms with van der Waals surface area (Å²) in [5.74, 6) is 0.561. The van der Waals surface area contributed by atoms with E-state index in [1.54, 1.807) is 13.2 Å². The largest absolute Gasteiger partial charge is 0.497 e. The summed E-state index contributed by atoms with van der Waals surface area (Å²) in [5, 5.41) is 7.57. The molecular weight excluding hydrogens is 380 g/mol. The van der Waals surface area contributed by atoms with E-state index >= 15 is 0 Å². The van der Waals surface area contributed by atoms with Crippen LogP contribution < -0.4 is 10.1 Å². The number of fused-ring (bicyclic) bond motifs is 1. The summed E-state index contributed by atoms with van der Waals surface area (Å²) >= 11 is 2.90. The van der Waals surface area contributed by atoms with Crippen molar-refractivity contribution in [3.8, 4) is 5.75 Å². The van der Waals surface area contributed by atoms with E-state index in [4.69, 9.17) is 4.74 Å². The number of methoxy groups -OCH3 is 1. The molecule has 1 amide bonds. The molecule has 27 heavy (non-hydrogen) atoms. The van der Waals surface area contributed by atoms with Crippen LogP contribution in [0.25, 0.3) is 10.9 Å². The number of aromatic amines is 1. The molecule has 0 aliphatic carbocycles. The lowest BCUT2D eigenvalue weighted by Crippen LogP contribution is -2.22. The highest BCUT2D eigenvalue weighted by Gasteiger charge is 2.14. The highest BCUT2D eigenvalue weighted by molar-refractivity contribution is 7.14. The molecular formula is C20H16N2O3S2. The van der Waals surface area contributed by atoms with E-state index in [1.807, 2.05) is 47.2 Å². The molecule has 4 rings (SSSR count). The Bertz CT molecular complexity index is 1110. The number of amides is 1. The van der Waals surface area contributed by atoms with Crippen LogP contribution in [0.1, 0.15) is 30.6 Å². The maximum Gasteiger partial charge on any atom is 0.268 e. The number of carbonyl (C=O) groups is 2. The van der Waals surface area contributed by atoms with Crippen molar-refractivity contribution in [2.75, 3.05) is 7.11 Å². The molecule has 0 spiro atoms. The highest BCUT2D eigenvalue weighted by Crippen LogP contribution is 2.23. The van der Waals surface area contributed by atoms with Gasteiger partial charge in [-0.15, -0.1) is 11.3 Å². The van der Waals surface area contributed by atoms with Crippen molar-refractivity contribution in [2.24, 2.45) is 0 Å². The number of hydrogen-bond donors (Lipinski definition) is 2. The first-order chi connectivity index (χ1) is 13.1. The van der Waals surface area contributed by atoms with Gasteiger partial charge in [0.15, 0.2) is 0 Å². The molecule has 0 unspecified atom stereocenters. The number of benzene rings is 1. The Morgan fingerprint density at radius 3 is 2.81 bits per heavy atom. The Hall–Kier alpha value is -2.90. The van der Waals surface area contributed by atoms with Crippen molar-refractivity contribution in [3.63, 3.8) is 0 Å². The van der Waals surface area contributed by atoms with E-state index in [2.05, 4.69) is 10.3 Å². The van der Waals surface area contributed by atoms with Crippen molar-refractivity contribution >= 4 is 45.3 Å². The molecule has 3 aromatic heterocycles. The molecule has 0 bridgehead atoms. The van der Waals surface area contributed by atoms with Gasteiger partial charge < -0.3 is 15.0 Å². The highest BCUT2D eigenvalue weighted by atomic mass is 32.1. The van der Waals surface area contributed by atoms with Crippen LogP contribution >= 0.6 is 22.7 Å². The summed E-state index contributed by atoms with van der Waals surface area (Å²) < 4.78 is 5.20. The van der Waals surface area contributed by atoms with Crippen LogP contribution in [-0.2, 0) is 6.54 Å². The van der Waals surface area contributed by atoms with Gasteiger partial charge in [-0.05, 0) is 41.8 Å². The number of H-pyrrole nitrogens is 1. The van der Waals surface area contributed by atoms with Gasteiger partial charge in [-0.2, -0.15) is 11.3 Å². The van der Waals surface area contributed by atoms with Crippen LogP contribution in [0.5, 0.6) is 5.75 Å². The minimum Gasteiger partial charge on any atom is -0.497 e. The second-order valence-corrected chi connectivity index (χ2v) is 7.87. The summed E-state index contributed by atoms with van der Waals surface area (Å²) in [6.07, 6.45) is 0. The van der Waals surface area contributed by atoms with Crippen LogP contribution in [0.15, 0.2) is 53.2 Å². The summed E-state index contributed by atoms with van der Waals surface area (Å²) in [4.78, 5) is 29.5. The Morgan fingerprint density at radius 1 is 1.15 bits per heavy atom. The number of rotatable bonds is 6. The Labute approximate surface area is 163 Å². The standard InChI is InChI=1S/C20H16N2O3S2/c1-25-14-3-2-12-8-17(22-16(12)9-14)20(24)21-10-15-4-5-18(27-15)19(23)13-6-7-26-11-13/h2-9,11,22H,10H2,1H3,(H,21,24). The van der Waals surface area contributed by atoms with E-state index in [-0.39, 0.29) is 11.7 Å². The van der Waals surface area contributed by atoms with Crippen molar-refractivity contribution < 1.29 is 14.3 Å². The van der Waals surface area contributed by atoms with E-state index in [1.165, 1.54) is 22.7 Å². The van der Waals surface area contributed by atoms with Crippen LogP contribution in [0.4, 0.5) is 0 Å². The first-order valence-electron chi connectivity index (χ1n) is 8.24. The fourth-order valence-electron chi connectivity index (χ4n) is 2.75. The molecule has 0 saturated carbocycles. The molecule has 0 aliphatic rings. The molecule has 0 saturated heterocycles. The van der Waals surface area contributed by atoms with Gasteiger partial charge in [0.2, 0.25) is 5.78 Å². The second kappa shape index (κ2) is 7.38. The maximum atomic E-state index is 12.4. The van der Waals surface area contributed by atoms with Crippen molar-refractivity contribution in [1.29, 1.82) is 0 Å². The average molecular weight is 396 g/mol. The molecule has 7 heteroatoms. The molecule has 0 aliphatic heterocycles. The molecule has 3 heterocycles. The summed E-state index contributed by atoms with van der Waals surface area (Å²) in [7, 11) is 1.61. The number of nitrogens with one attached hydrogen (secondary N) is 2. The molecule has 2 N–H and O–H groups in total. The molecule has 0 atom stereocenters. The smallest absolute Gasteiger partial charge is 0.268 e. The molecule has 1 aromatic carbocycles. The lowest BCUT2D eigenvalue weighted by Gasteiger charge is -2.01. The predicted octanol–water partition coefficient (Wildman–Crippen LogP) is 4.46. The maximum absolute atomic E-state index is 12.4. The number of carbonyl (C=O) groups excluding carboxylic acids is 2. The third-order valence-electron chi connectivity index (χ3n) is 4.17. The topological polar surface area (TPSA) is 71.2 Å². The molecule has 136 valence electrons. The number of thiophene rings is 2. The summed E-state index contributed by atoms with van der Waals surface area (Å²) in [6.45, 7) is 0.374.